The number of hydrogen-bond acceptors (Lipinski definition) is 3. The van der Waals surface area contributed by atoms with Crippen molar-refractivity contribution in [1.29, 1.82) is 0 Å². The summed E-state index contributed by atoms with van der Waals surface area (Å²) in [7, 11) is 11.9. The molecule has 0 aliphatic carbocycles. The first-order chi connectivity index (χ1) is 12.2. The summed E-state index contributed by atoms with van der Waals surface area (Å²) in [4.78, 5) is 0. The van der Waals surface area contributed by atoms with Gasteiger partial charge in [0.2, 0.25) is 0 Å². The summed E-state index contributed by atoms with van der Waals surface area (Å²) in [5, 5.41) is 0. The van der Waals surface area contributed by atoms with Gasteiger partial charge in [-0.1, -0.05) is 53.4 Å². The number of fused-ring (bicyclic) bond motifs is 6. The van der Waals surface area contributed by atoms with Crippen LogP contribution in [-0.2, 0) is 10.3 Å². The van der Waals surface area contributed by atoms with Crippen molar-refractivity contribution in [2.24, 2.45) is 0 Å². The maximum atomic E-state index is 6.28. The molecule has 0 unspecified atom stereocenters. The molecule has 0 fully saturated rings. The van der Waals surface area contributed by atoms with Crippen LogP contribution in [0.25, 0.3) is 0 Å². The highest BCUT2D eigenvalue weighted by Gasteiger charge is 2.48. The second-order valence-electron chi connectivity index (χ2n) is 6.20. The maximum absolute atomic E-state index is 6.28. The topological polar surface area (TPSA) is 27.7 Å². The third-order valence-electron chi connectivity index (χ3n) is 4.75. The summed E-state index contributed by atoms with van der Waals surface area (Å²) < 4.78 is 18.1. The molecule has 0 amide bonds. The molecule has 0 aromatic heterocycles. The van der Waals surface area contributed by atoms with Gasteiger partial charge >= 0.3 is 0 Å². The van der Waals surface area contributed by atoms with Gasteiger partial charge in [0.15, 0.2) is 12.4 Å². The molecule has 0 atom stereocenters. The fourth-order valence-corrected chi connectivity index (χ4v) is 3.68. The van der Waals surface area contributed by atoms with Crippen LogP contribution in [0, 0.1) is 0 Å². The summed E-state index contributed by atoms with van der Waals surface area (Å²) in [5.41, 5.74) is 3.16. The number of hydrogen-bond donors (Lipinski definition) is 0. The van der Waals surface area contributed by atoms with E-state index in [4.69, 9.17) is 29.9 Å². The molecule has 3 aromatic carbocycles. The molecule has 0 saturated heterocycles. The first kappa shape index (κ1) is 14.7. The molecule has 2 aliphatic rings. The van der Waals surface area contributed by atoms with Crippen molar-refractivity contribution in [2.45, 2.75) is 5.60 Å². The molecule has 0 N–H and O–H groups in total. The highest BCUT2D eigenvalue weighted by atomic mass is 16.7. The molecule has 5 rings (SSSR count). The van der Waals surface area contributed by atoms with Gasteiger partial charge in [-0.3, -0.25) is 0 Å². The van der Waals surface area contributed by atoms with E-state index in [1.165, 1.54) is 0 Å². The average Bonchev–Trinajstić information content (AvgIpc) is 2.61. The summed E-state index contributed by atoms with van der Waals surface area (Å²) in [6.45, 7) is 0.143. The Morgan fingerprint density at radius 1 is 0.720 bits per heavy atom. The Bertz CT molecular complexity index is 948. The fourth-order valence-electron chi connectivity index (χ4n) is 3.68. The highest BCUT2D eigenvalue weighted by Crippen LogP contribution is 2.55. The van der Waals surface area contributed by atoms with E-state index in [-0.39, 0.29) is 6.79 Å². The first-order valence-electron chi connectivity index (χ1n) is 8.02. The van der Waals surface area contributed by atoms with Crippen molar-refractivity contribution in [3.63, 3.8) is 0 Å². The molecule has 3 aromatic rings. The smallest absolute Gasteiger partial charge is 0.190 e. The molecular formula is C20H12B2O3. The van der Waals surface area contributed by atoms with Gasteiger partial charge in [-0.2, -0.15) is 0 Å². The van der Waals surface area contributed by atoms with E-state index in [1.54, 1.807) is 0 Å². The summed E-state index contributed by atoms with van der Waals surface area (Å²) in [6.07, 6.45) is 0. The monoisotopic (exact) mass is 322 g/mol. The van der Waals surface area contributed by atoms with E-state index in [2.05, 4.69) is 0 Å². The Labute approximate surface area is 148 Å². The van der Waals surface area contributed by atoms with Gasteiger partial charge in [0, 0.05) is 16.7 Å². The number of para-hydroxylation sites is 1. The standard InChI is InChI=1S/C20H12B2O3/c21-12-5-7-15-18(9-12)25-19-10-13(22)6-8-16(19)20(15)14-3-1-2-4-17(14)23-11-24-20/h1-10H,11H2. The van der Waals surface area contributed by atoms with Crippen LogP contribution in [0.5, 0.6) is 17.2 Å². The van der Waals surface area contributed by atoms with Gasteiger partial charge in [0.1, 0.15) is 32.9 Å². The van der Waals surface area contributed by atoms with Crippen molar-refractivity contribution in [1.82, 2.24) is 0 Å². The lowest BCUT2D eigenvalue weighted by Gasteiger charge is -2.43. The molecule has 116 valence electrons. The van der Waals surface area contributed by atoms with E-state index >= 15 is 0 Å². The average molecular weight is 322 g/mol. The maximum Gasteiger partial charge on any atom is 0.190 e. The van der Waals surface area contributed by atoms with Crippen LogP contribution in [-0.4, -0.2) is 22.5 Å². The third-order valence-corrected chi connectivity index (χ3v) is 4.75. The number of ether oxygens (including phenoxy) is 3. The minimum Gasteiger partial charge on any atom is -0.467 e. The van der Waals surface area contributed by atoms with E-state index < -0.39 is 5.60 Å². The lowest BCUT2D eigenvalue weighted by molar-refractivity contribution is -0.0908. The molecule has 2 aliphatic heterocycles. The number of benzene rings is 3. The lowest BCUT2D eigenvalue weighted by atomic mass is 9.75. The summed E-state index contributed by atoms with van der Waals surface area (Å²) in [5.74, 6) is 2.12. The zero-order chi connectivity index (χ0) is 17.0. The molecule has 25 heavy (non-hydrogen) atoms. The van der Waals surface area contributed by atoms with Gasteiger partial charge in [-0.05, 0) is 18.2 Å². The molecular weight excluding hydrogens is 310 g/mol. The lowest BCUT2D eigenvalue weighted by Crippen LogP contribution is -2.40. The Kier molecular flexibility index (Phi) is 3.03. The van der Waals surface area contributed by atoms with Crippen LogP contribution in [0.3, 0.4) is 0 Å². The fraction of sp³-hybridized carbons (Fsp3) is 0.100. The molecule has 3 nitrogen and oxygen atoms in total. The van der Waals surface area contributed by atoms with Crippen LogP contribution in [0.1, 0.15) is 16.7 Å². The Morgan fingerprint density at radius 3 is 2.00 bits per heavy atom. The van der Waals surface area contributed by atoms with Crippen molar-refractivity contribution in [3.05, 3.63) is 77.4 Å². The zero-order valence-electron chi connectivity index (χ0n) is 13.4. The zero-order valence-corrected chi connectivity index (χ0v) is 13.4. The van der Waals surface area contributed by atoms with Crippen molar-refractivity contribution < 1.29 is 14.2 Å². The Balaban J connectivity index is 1.89. The second-order valence-corrected chi connectivity index (χ2v) is 6.20. The normalized spacial score (nSPS) is 16.2. The van der Waals surface area contributed by atoms with Crippen molar-refractivity contribution >= 4 is 26.6 Å². The SMILES string of the molecule is [B]c1ccc2c(c1)Oc1cc([B])ccc1C21OCOc2ccccc21. The predicted molar refractivity (Wildman–Crippen MR) is 96.6 cm³/mol. The molecule has 5 heteroatoms. The second kappa shape index (κ2) is 5.17. The summed E-state index contributed by atoms with van der Waals surface area (Å²) in [6, 6.07) is 19.1. The third kappa shape index (κ3) is 1.99. The first-order valence-corrected chi connectivity index (χ1v) is 8.02. The van der Waals surface area contributed by atoms with E-state index in [0.29, 0.717) is 22.4 Å². The Morgan fingerprint density at radius 2 is 1.32 bits per heavy atom. The predicted octanol–water partition coefficient (Wildman–Crippen LogP) is 2.04. The van der Waals surface area contributed by atoms with Crippen molar-refractivity contribution in [2.75, 3.05) is 6.79 Å². The van der Waals surface area contributed by atoms with Crippen LogP contribution < -0.4 is 20.4 Å². The molecule has 4 radical (unpaired) electrons. The van der Waals surface area contributed by atoms with Gasteiger partial charge < -0.3 is 14.2 Å². The molecule has 2 heterocycles. The highest BCUT2D eigenvalue weighted by molar-refractivity contribution is 6.32. The van der Waals surface area contributed by atoms with E-state index in [1.807, 2.05) is 60.7 Å². The summed E-state index contributed by atoms with van der Waals surface area (Å²) >= 11 is 0. The minimum atomic E-state index is -0.820. The molecule has 0 saturated carbocycles. The van der Waals surface area contributed by atoms with Crippen LogP contribution in [0.2, 0.25) is 0 Å². The van der Waals surface area contributed by atoms with Crippen LogP contribution >= 0.6 is 0 Å². The van der Waals surface area contributed by atoms with Gasteiger partial charge in [0.05, 0.1) is 0 Å². The molecule has 0 bridgehead atoms. The van der Waals surface area contributed by atoms with E-state index in [9.17, 15) is 0 Å². The minimum absolute atomic E-state index is 0.143. The van der Waals surface area contributed by atoms with Gasteiger partial charge in [-0.25, -0.2) is 0 Å². The quantitative estimate of drug-likeness (QED) is 0.593. The Hall–Kier alpha value is -2.65. The van der Waals surface area contributed by atoms with Crippen LogP contribution in [0.15, 0.2) is 60.7 Å². The van der Waals surface area contributed by atoms with Crippen LogP contribution in [0.4, 0.5) is 0 Å². The van der Waals surface area contributed by atoms with E-state index in [0.717, 1.165) is 22.4 Å². The van der Waals surface area contributed by atoms with Gasteiger partial charge in [-0.15, -0.1) is 0 Å². The molecule has 1 spiro atoms. The van der Waals surface area contributed by atoms with Crippen molar-refractivity contribution in [3.8, 4) is 17.2 Å². The number of rotatable bonds is 0. The van der Waals surface area contributed by atoms with Gasteiger partial charge in [0.25, 0.3) is 0 Å². The largest absolute Gasteiger partial charge is 0.467 e.